The van der Waals surface area contributed by atoms with Gasteiger partial charge in [0, 0.05) is 22.9 Å². The summed E-state index contributed by atoms with van der Waals surface area (Å²) in [6, 6.07) is 16.5. The molecule has 0 saturated carbocycles. The van der Waals surface area contributed by atoms with Crippen molar-refractivity contribution < 1.29 is 23.5 Å². The highest BCUT2D eigenvalue weighted by Gasteiger charge is 2.16. The summed E-state index contributed by atoms with van der Waals surface area (Å²) in [5, 5.41) is 5.37. The molecule has 1 aromatic heterocycles. The van der Waals surface area contributed by atoms with Crippen LogP contribution in [0.3, 0.4) is 0 Å². The van der Waals surface area contributed by atoms with E-state index in [0.29, 0.717) is 40.8 Å². The van der Waals surface area contributed by atoms with Crippen LogP contribution >= 0.6 is 0 Å². The third-order valence-corrected chi connectivity index (χ3v) is 4.57. The molecule has 0 aliphatic rings. The lowest BCUT2D eigenvalue weighted by atomic mass is 10.1. The second-order valence-corrected chi connectivity index (χ2v) is 7.84. The Hall–Kier alpha value is -4.13. The van der Waals surface area contributed by atoms with E-state index in [9.17, 15) is 14.4 Å². The zero-order valence-corrected chi connectivity index (χ0v) is 18.8. The molecule has 0 atom stereocenters. The van der Waals surface area contributed by atoms with Crippen molar-refractivity contribution in [2.45, 2.75) is 20.8 Å². The zero-order valence-electron chi connectivity index (χ0n) is 18.8. The molecule has 7 heteroatoms. The summed E-state index contributed by atoms with van der Waals surface area (Å²) in [4.78, 5) is 37.1. The Bertz CT molecular complexity index is 1130. The van der Waals surface area contributed by atoms with Crippen LogP contribution in [-0.4, -0.2) is 24.2 Å². The number of furan rings is 1. The summed E-state index contributed by atoms with van der Waals surface area (Å²) in [6.45, 7) is 6.15. The van der Waals surface area contributed by atoms with E-state index in [4.69, 9.17) is 9.15 Å². The van der Waals surface area contributed by atoms with Gasteiger partial charge in [-0.15, -0.1) is 0 Å². The van der Waals surface area contributed by atoms with Crippen LogP contribution in [0.4, 0.5) is 5.69 Å². The first-order chi connectivity index (χ1) is 15.8. The van der Waals surface area contributed by atoms with Gasteiger partial charge in [0.15, 0.2) is 5.78 Å². The number of carbonyl (C=O) groups is 3. The Labute approximate surface area is 192 Å². The van der Waals surface area contributed by atoms with Gasteiger partial charge < -0.3 is 19.8 Å². The highest BCUT2D eigenvalue weighted by atomic mass is 16.5. The van der Waals surface area contributed by atoms with Crippen molar-refractivity contribution in [3.8, 4) is 5.75 Å². The van der Waals surface area contributed by atoms with Gasteiger partial charge in [0.05, 0.1) is 12.9 Å². The van der Waals surface area contributed by atoms with Crippen molar-refractivity contribution >= 4 is 29.4 Å². The standard InChI is InChI=1S/C26H26N2O5/c1-17(2)16-33-22-12-8-20(9-13-22)25(30)28-24(15-23-5-4-14-32-23)26(31)27-21-10-6-19(7-11-21)18(3)29/h4-15,17H,16H2,1-3H3,(H,27,31)(H,28,30)/b24-15-. The van der Waals surface area contributed by atoms with Gasteiger partial charge in [0.2, 0.25) is 0 Å². The van der Waals surface area contributed by atoms with E-state index in [1.165, 1.54) is 19.3 Å². The van der Waals surface area contributed by atoms with Crippen LogP contribution in [-0.2, 0) is 4.79 Å². The lowest BCUT2D eigenvalue weighted by Gasteiger charge is -2.12. The zero-order chi connectivity index (χ0) is 23.8. The fourth-order valence-electron chi connectivity index (χ4n) is 2.82. The summed E-state index contributed by atoms with van der Waals surface area (Å²) in [6.07, 6.45) is 2.91. The fourth-order valence-corrected chi connectivity index (χ4v) is 2.82. The van der Waals surface area contributed by atoms with Crippen molar-refractivity contribution in [3.05, 3.63) is 89.5 Å². The topological polar surface area (TPSA) is 97.6 Å². The summed E-state index contributed by atoms with van der Waals surface area (Å²) < 4.78 is 10.9. The molecule has 0 spiro atoms. The summed E-state index contributed by atoms with van der Waals surface area (Å²) >= 11 is 0. The highest BCUT2D eigenvalue weighted by Crippen LogP contribution is 2.16. The number of benzene rings is 2. The molecule has 2 N–H and O–H groups in total. The Morgan fingerprint density at radius 2 is 1.64 bits per heavy atom. The van der Waals surface area contributed by atoms with Gasteiger partial charge in [-0.05, 0) is 73.5 Å². The fraction of sp³-hybridized carbons (Fsp3) is 0.192. The summed E-state index contributed by atoms with van der Waals surface area (Å²) in [5.74, 6) is 0.402. The molecule has 1 heterocycles. The van der Waals surface area contributed by atoms with E-state index in [0.717, 1.165) is 0 Å². The average molecular weight is 447 g/mol. The minimum atomic E-state index is -0.535. The largest absolute Gasteiger partial charge is 0.493 e. The van der Waals surface area contributed by atoms with Crippen LogP contribution in [0.25, 0.3) is 6.08 Å². The van der Waals surface area contributed by atoms with Crippen LogP contribution in [0.5, 0.6) is 5.75 Å². The predicted octanol–water partition coefficient (Wildman–Crippen LogP) is 4.93. The van der Waals surface area contributed by atoms with E-state index in [1.54, 1.807) is 60.7 Å². The number of amides is 2. The maximum Gasteiger partial charge on any atom is 0.272 e. The average Bonchev–Trinajstić information content (AvgIpc) is 3.31. The van der Waals surface area contributed by atoms with Gasteiger partial charge >= 0.3 is 0 Å². The smallest absolute Gasteiger partial charge is 0.272 e. The number of nitrogens with one attached hydrogen (secondary N) is 2. The van der Waals surface area contributed by atoms with E-state index in [-0.39, 0.29) is 11.5 Å². The van der Waals surface area contributed by atoms with E-state index in [2.05, 4.69) is 24.5 Å². The number of rotatable bonds is 9. The van der Waals surface area contributed by atoms with Gasteiger partial charge in [-0.25, -0.2) is 0 Å². The molecular weight excluding hydrogens is 420 g/mol. The predicted molar refractivity (Wildman–Crippen MR) is 126 cm³/mol. The molecular formula is C26H26N2O5. The molecule has 2 amide bonds. The highest BCUT2D eigenvalue weighted by molar-refractivity contribution is 6.10. The molecule has 0 aliphatic heterocycles. The summed E-state index contributed by atoms with van der Waals surface area (Å²) in [7, 11) is 0. The number of hydrogen-bond donors (Lipinski definition) is 2. The Balaban J connectivity index is 1.74. The van der Waals surface area contributed by atoms with Crippen LogP contribution in [0.1, 0.15) is 47.2 Å². The molecule has 0 radical (unpaired) electrons. The summed E-state index contributed by atoms with van der Waals surface area (Å²) in [5.41, 5.74) is 1.39. The third-order valence-electron chi connectivity index (χ3n) is 4.57. The quantitative estimate of drug-likeness (QED) is 0.359. The first-order valence-corrected chi connectivity index (χ1v) is 10.5. The Kier molecular flexibility index (Phi) is 7.81. The Morgan fingerprint density at radius 1 is 0.970 bits per heavy atom. The maximum absolute atomic E-state index is 12.9. The van der Waals surface area contributed by atoms with E-state index in [1.807, 2.05) is 0 Å². The van der Waals surface area contributed by atoms with Crippen LogP contribution in [0.15, 0.2) is 77.0 Å². The van der Waals surface area contributed by atoms with Crippen molar-refractivity contribution in [2.24, 2.45) is 5.92 Å². The maximum atomic E-state index is 12.9. The van der Waals surface area contributed by atoms with Gasteiger partial charge in [-0.2, -0.15) is 0 Å². The molecule has 0 aliphatic carbocycles. The minimum absolute atomic E-state index is 0.00530. The first kappa shape index (κ1) is 23.5. The number of anilines is 1. The van der Waals surface area contributed by atoms with Crippen LogP contribution in [0.2, 0.25) is 0 Å². The molecule has 2 aromatic carbocycles. The van der Waals surface area contributed by atoms with Crippen LogP contribution in [0, 0.1) is 5.92 Å². The van der Waals surface area contributed by atoms with Crippen molar-refractivity contribution in [2.75, 3.05) is 11.9 Å². The molecule has 0 saturated heterocycles. The molecule has 33 heavy (non-hydrogen) atoms. The van der Waals surface area contributed by atoms with E-state index >= 15 is 0 Å². The molecule has 0 fully saturated rings. The molecule has 0 bridgehead atoms. The van der Waals surface area contributed by atoms with Crippen molar-refractivity contribution in [3.63, 3.8) is 0 Å². The molecule has 0 unspecified atom stereocenters. The number of carbonyl (C=O) groups excluding carboxylic acids is 3. The number of ketones is 1. The van der Waals surface area contributed by atoms with Crippen molar-refractivity contribution in [1.29, 1.82) is 0 Å². The SMILES string of the molecule is CC(=O)c1ccc(NC(=O)/C(=C/c2ccco2)NC(=O)c2ccc(OCC(C)C)cc2)cc1. The Morgan fingerprint density at radius 3 is 2.21 bits per heavy atom. The molecule has 170 valence electrons. The van der Waals surface area contributed by atoms with Crippen molar-refractivity contribution in [1.82, 2.24) is 5.32 Å². The van der Waals surface area contributed by atoms with Crippen LogP contribution < -0.4 is 15.4 Å². The molecule has 3 rings (SSSR count). The second-order valence-electron chi connectivity index (χ2n) is 7.84. The minimum Gasteiger partial charge on any atom is -0.493 e. The normalized spacial score (nSPS) is 11.2. The third kappa shape index (κ3) is 6.93. The lowest BCUT2D eigenvalue weighted by Crippen LogP contribution is -2.30. The first-order valence-electron chi connectivity index (χ1n) is 10.5. The number of ether oxygens (including phenoxy) is 1. The van der Waals surface area contributed by atoms with Gasteiger partial charge in [-0.3, -0.25) is 14.4 Å². The molecule has 3 aromatic rings. The number of Topliss-reactive ketones (excluding diaryl/α,β-unsaturated/α-hetero) is 1. The monoisotopic (exact) mass is 446 g/mol. The lowest BCUT2D eigenvalue weighted by molar-refractivity contribution is -0.113. The van der Waals surface area contributed by atoms with Gasteiger partial charge in [0.1, 0.15) is 17.2 Å². The molecule has 7 nitrogen and oxygen atoms in total. The van der Waals surface area contributed by atoms with Gasteiger partial charge in [-0.1, -0.05) is 13.8 Å². The second kappa shape index (κ2) is 10.9. The van der Waals surface area contributed by atoms with E-state index < -0.39 is 11.8 Å². The number of hydrogen-bond acceptors (Lipinski definition) is 5. The van der Waals surface area contributed by atoms with Gasteiger partial charge in [0.25, 0.3) is 11.8 Å².